The van der Waals surface area contributed by atoms with Crippen LogP contribution in [0.2, 0.25) is 0 Å². The van der Waals surface area contributed by atoms with Crippen molar-refractivity contribution in [3.05, 3.63) is 30.0 Å². The van der Waals surface area contributed by atoms with Gasteiger partial charge in [-0.1, -0.05) is 12.1 Å². The first-order chi connectivity index (χ1) is 7.52. The first kappa shape index (κ1) is 10.7. The van der Waals surface area contributed by atoms with Gasteiger partial charge in [-0.25, -0.2) is 9.97 Å². The van der Waals surface area contributed by atoms with E-state index in [0.717, 1.165) is 7.11 Å². The van der Waals surface area contributed by atoms with Gasteiger partial charge in [0.25, 0.3) is 0 Å². The molecule has 84 valence electrons. The smallest absolute Gasteiger partial charge is 0.438 e. The average Bonchev–Trinajstić information content (AvgIpc) is 2.26. The van der Waals surface area contributed by atoms with Crippen LogP contribution >= 0.6 is 0 Å². The third-order valence-electron chi connectivity index (χ3n) is 2.00. The monoisotopic (exact) mass is 228 g/mol. The second kappa shape index (κ2) is 3.62. The van der Waals surface area contributed by atoms with Gasteiger partial charge in [0, 0.05) is 0 Å². The van der Waals surface area contributed by atoms with Crippen LogP contribution < -0.4 is 4.74 Å². The number of fused-ring (bicyclic) bond motifs is 1. The van der Waals surface area contributed by atoms with Gasteiger partial charge in [-0.2, -0.15) is 13.2 Å². The zero-order chi connectivity index (χ0) is 11.8. The van der Waals surface area contributed by atoms with Crippen LogP contribution in [0.5, 0.6) is 5.88 Å². The van der Waals surface area contributed by atoms with Gasteiger partial charge in [0.2, 0.25) is 11.6 Å². The highest BCUT2D eigenvalue weighted by Crippen LogP contribution is 2.34. The number of alkyl halides is 3. The molecule has 0 atom stereocenters. The van der Waals surface area contributed by atoms with Crippen LogP contribution in [0.4, 0.5) is 13.2 Å². The van der Waals surface area contributed by atoms with Gasteiger partial charge < -0.3 is 4.74 Å². The molecule has 2 aromatic rings. The Morgan fingerprint density at radius 3 is 2.12 bits per heavy atom. The van der Waals surface area contributed by atoms with Crippen LogP contribution in [0.1, 0.15) is 5.69 Å². The Labute approximate surface area is 88.9 Å². The van der Waals surface area contributed by atoms with Crippen molar-refractivity contribution in [3.63, 3.8) is 0 Å². The van der Waals surface area contributed by atoms with Crippen molar-refractivity contribution < 1.29 is 17.9 Å². The fourth-order valence-corrected chi connectivity index (χ4v) is 1.31. The number of halogens is 3. The SMILES string of the molecule is COc1nc2ccccc2nc1C(F)(F)F. The summed E-state index contributed by atoms with van der Waals surface area (Å²) in [6, 6.07) is 6.31. The van der Waals surface area contributed by atoms with Crippen LogP contribution in [0.25, 0.3) is 11.0 Å². The van der Waals surface area contributed by atoms with Crippen LogP contribution in [-0.2, 0) is 6.18 Å². The molecule has 0 radical (unpaired) electrons. The minimum atomic E-state index is -4.57. The molecule has 0 aliphatic rings. The van der Waals surface area contributed by atoms with E-state index in [1.165, 1.54) is 6.07 Å². The first-order valence-corrected chi connectivity index (χ1v) is 4.40. The van der Waals surface area contributed by atoms with E-state index >= 15 is 0 Å². The van der Waals surface area contributed by atoms with E-state index in [2.05, 4.69) is 14.7 Å². The van der Waals surface area contributed by atoms with Crippen molar-refractivity contribution in [2.75, 3.05) is 7.11 Å². The predicted octanol–water partition coefficient (Wildman–Crippen LogP) is 2.66. The normalized spacial score (nSPS) is 11.8. The minimum absolute atomic E-state index is 0.190. The molecule has 0 saturated carbocycles. The summed E-state index contributed by atoms with van der Waals surface area (Å²) in [6.07, 6.45) is -4.57. The number of para-hydroxylation sites is 2. The van der Waals surface area contributed by atoms with Gasteiger partial charge in [0.05, 0.1) is 18.1 Å². The molecule has 0 N–H and O–H groups in total. The molecule has 1 heterocycles. The summed E-state index contributed by atoms with van der Waals surface area (Å²) in [4.78, 5) is 7.26. The highest BCUT2D eigenvalue weighted by Gasteiger charge is 2.37. The van der Waals surface area contributed by atoms with Crippen LogP contribution in [0, 0.1) is 0 Å². The Balaban J connectivity index is 2.73. The Bertz CT molecular complexity index is 525. The molecule has 0 saturated heterocycles. The summed E-state index contributed by atoms with van der Waals surface area (Å²) in [5.41, 5.74) is -0.545. The van der Waals surface area contributed by atoms with Crippen molar-refractivity contribution >= 4 is 11.0 Å². The molecule has 0 aliphatic carbocycles. The van der Waals surface area contributed by atoms with Gasteiger partial charge in [0.1, 0.15) is 0 Å². The lowest BCUT2D eigenvalue weighted by molar-refractivity contribution is -0.142. The number of hydrogen-bond acceptors (Lipinski definition) is 3. The third-order valence-corrected chi connectivity index (χ3v) is 2.00. The molecule has 3 nitrogen and oxygen atoms in total. The minimum Gasteiger partial charge on any atom is -0.479 e. The van der Waals surface area contributed by atoms with Gasteiger partial charge in [-0.05, 0) is 12.1 Å². The summed E-state index contributed by atoms with van der Waals surface area (Å²) in [6.45, 7) is 0. The maximum Gasteiger partial charge on any atom is 0.438 e. The summed E-state index contributed by atoms with van der Waals surface area (Å²) < 4.78 is 42.3. The number of benzene rings is 1. The Hall–Kier alpha value is -1.85. The second-order valence-electron chi connectivity index (χ2n) is 3.07. The molecular formula is C10H7F3N2O. The molecular weight excluding hydrogens is 221 g/mol. The lowest BCUT2D eigenvalue weighted by atomic mass is 10.3. The number of ether oxygens (including phenoxy) is 1. The van der Waals surface area contributed by atoms with Gasteiger partial charge >= 0.3 is 6.18 Å². The fourth-order valence-electron chi connectivity index (χ4n) is 1.31. The van der Waals surface area contributed by atoms with Crippen LogP contribution in [-0.4, -0.2) is 17.1 Å². The summed E-state index contributed by atoms with van der Waals surface area (Å²) >= 11 is 0. The quantitative estimate of drug-likeness (QED) is 0.752. The molecule has 0 spiro atoms. The Kier molecular flexibility index (Phi) is 2.41. The topological polar surface area (TPSA) is 35.0 Å². The van der Waals surface area contributed by atoms with Crippen molar-refractivity contribution in [1.29, 1.82) is 0 Å². The fraction of sp³-hybridized carbons (Fsp3) is 0.200. The largest absolute Gasteiger partial charge is 0.479 e. The molecule has 0 aliphatic heterocycles. The van der Waals surface area contributed by atoms with Gasteiger partial charge in [0.15, 0.2) is 0 Å². The highest BCUT2D eigenvalue weighted by molar-refractivity contribution is 5.74. The van der Waals surface area contributed by atoms with Crippen molar-refractivity contribution in [2.24, 2.45) is 0 Å². The molecule has 0 bridgehead atoms. The van der Waals surface area contributed by atoms with E-state index < -0.39 is 17.8 Å². The molecule has 1 aromatic carbocycles. The van der Waals surface area contributed by atoms with Gasteiger partial charge in [-0.3, -0.25) is 0 Å². The molecule has 0 amide bonds. The molecule has 2 rings (SSSR count). The van der Waals surface area contributed by atoms with E-state index in [9.17, 15) is 13.2 Å². The van der Waals surface area contributed by atoms with Gasteiger partial charge in [-0.15, -0.1) is 0 Å². The Morgan fingerprint density at radius 1 is 1.06 bits per heavy atom. The van der Waals surface area contributed by atoms with Crippen LogP contribution in [0.15, 0.2) is 24.3 Å². The number of rotatable bonds is 1. The zero-order valence-corrected chi connectivity index (χ0v) is 8.25. The molecule has 6 heteroatoms. The number of nitrogens with zero attached hydrogens (tertiary/aromatic N) is 2. The molecule has 16 heavy (non-hydrogen) atoms. The highest BCUT2D eigenvalue weighted by atomic mass is 19.4. The molecule has 1 aromatic heterocycles. The first-order valence-electron chi connectivity index (χ1n) is 4.40. The average molecular weight is 228 g/mol. The van der Waals surface area contributed by atoms with E-state index in [1.54, 1.807) is 18.2 Å². The predicted molar refractivity (Wildman–Crippen MR) is 51.1 cm³/mol. The summed E-state index contributed by atoms with van der Waals surface area (Å²) in [5, 5.41) is 0. The van der Waals surface area contributed by atoms with E-state index in [4.69, 9.17) is 0 Å². The van der Waals surface area contributed by atoms with Crippen molar-refractivity contribution in [1.82, 2.24) is 9.97 Å². The summed E-state index contributed by atoms with van der Waals surface area (Å²) in [5.74, 6) is -0.508. The zero-order valence-electron chi connectivity index (χ0n) is 8.25. The number of hydrogen-bond donors (Lipinski definition) is 0. The lowest BCUT2D eigenvalue weighted by Gasteiger charge is -2.10. The molecule has 0 unspecified atom stereocenters. The van der Waals surface area contributed by atoms with E-state index in [1.807, 2.05) is 0 Å². The Morgan fingerprint density at radius 2 is 1.62 bits per heavy atom. The summed E-state index contributed by atoms with van der Waals surface area (Å²) in [7, 11) is 1.13. The lowest BCUT2D eigenvalue weighted by Crippen LogP contribution is -2.11. The number of aromatic nitrogens is 2. The number of methoxy groups -OCH3 is 1. The second-order valence-corrected chi connectivity index (χ2v) is 3.07. The molecule has 0 fully saturated rings. The third kappa shape index (κ3) is 1.78. The van der Waals surface area contributed by atoms with Crippen LogP contribution in [0.3, 0.4) is 0 Å². The van der Waals surface area contributed by atoms with Crippen molar-refractivity contribution in [2.45, 2.75) is 6.18 Å². The van der Waals surface area contributed by atoms with E-state index in [-0.39, 0.29) is 5.52 Å². The maximum absolute atomic E-state index is 12.6. The standard InChI is InChI=1S/C10H7F3N2O/c1-16-9-8(10(11,12)13)14-6-4-2-3-5-7(6)15-9/h2-5H,1H3. The van der Waals surface area contributed by atoms with Crippen molar-refractivity contribution in [3.8, 4) is 5.88 Å². The maximum atomic E-state index is 12.6. The van der Waals surface area contributed by atoms with E-state index in [0.29, 0.717) is 5.52 Å².